The number of fused-ring (bicyclic) bond motifs is 1. The van der Waals surface area contributed by atoms with Crippen LogP contribution in [0, 0.1) is 0 Å². The minimum absolute atomic E-state index is 0.559. The molecule has 0 amide bonds. The first-order valence-corrected chi connectivity index (χ1v) is 6.77. The molecule has 3 heteroatoms. The number of nitrogens with one attached hydrogen (secondary N) is 1. The van der Waals surface area contributed by atoms with E-state index in [1.807, 2.05) is 24.4 Å². The first-order chi connectivity index (χ1) is 9.86. The van der Waals surface area contributed by atoms with Gasteiger partial charge in [0.15, 0.2) is 0 Å². The molecule has 0 bridgehead atoms. The molecule has 0 aliphatic carbocycles. The summed E-state index contributed by atoms with van der Waals surface area (Å²) in [6, 6.07) is 16.5. The Morgan fingerprint density at radius 1 is 0.950 bits per heavy atom. The topological polar surface area (TPSA) is 51.0 Å². The Labute approximate surface area is 118 Å². The van der Waals surface area contributed by atoms with Gasteiger partial charge in [-0.2, -0.15) is 0 Å². The minimum Gasteiger partial charge on any atom is -0.372 e. The van der Waals surface area contributed by atoms with Gasteiger partial charge in [0, 0.05) is 23.6 Å². The number of H-pyrrole nitrogens is 1. The Kier molecular flexibility index (Phi) is 3.81. The third kappa shape index (κ3) is 2.74. The molecule has 20 heavy (non-hydrogen) atoms. The molecule has 102 valence electrons. The quantitative estimate of drug-likeness (QED) is 0.744. The summed E-state index contributed by atoms with van der Waals surface area (Å²) in [4.78, 5) is 3.25. The number of hydrogen-bond donors (Lipinski definition) is 2. The molecule has 3 rings (SSSR count). The summed E-state index contributed by atoms with van der Waals surface area (Å²) >= 11 is 0. The van der Waals surface area contributed by atoms with Crippen LogP contribution < -0.4 is 5.73 Å². The second kappa shape index (κ2) is 5.90. The van der Waals surface area contributed by atoms with Crippen LogP contribution in [0.1, 0.15) is 16.7 Å². The standard InChI is InChI=1S/C17H18N2O/c18-9-15-10-19-17-8-14(6-7-16(15)17)12-20-11-13-4-2-1-3-5-13/h1-8,10,19H,9,11-12,18H2. The molecular weight excluding hydrogens is 248 g/mol. The molecule has 0 aliphatic heterocycles. The van der Waals surface area contributed by atoms with Crippen LogP contribution in [0.15, 0.2) is 54.7 Å². The van der Waals surface area contributed by atoms with E-state index >= 15 is 0 Å². The number of benzene rings is 2. The summed E-state index contributed by atoms with van der Waals surface area (Å²) in [6.45, 7) is 1.81. The molecule has 3 nitrogen and oxygen atoms in total. The van der Waals surface area contributed by atoms with E-state index in [0.717, 1.165) is 11.1 Å². The van der Waals surface area contributed by atoms with Crippen LogP contribution in [-0.4, -0.2) is 4.98 Å². The van der Waals surface area contributed by atoms with Crippen LogP contribution in [0.5, 0.6) is 0 Å². The molecule has 0 radical (unpaired) electrons. The molecule has 0 unspecified atom stereocenters. The minimum atomic E-state index is 0.559. The number of rotatable bonds is 5. The van der Waals surface area contributed by atoms with Gasteiger partial charge in [0.2, 0.25) is 0 Å². The van der Waals surface area contributed by atoms with Crippen LogP contribution in [0.25, 0.3) is 10.9 Å². The monoisotopic (exact) mass is 266 g/mol. The van der Waals surface area contributed by atoms with E-state index in [0.29, 0.717) is 19.8 Å². The Morgan fingerprint density at radius 2 is 1.75 bits per heavy atom. The van der Waals surface area contributed by atoms with Gasteiger partial charge in [-0.1, -0.05) is 42.5 Å². The SMILES string of the molecule is NCc1c[nH]c2cc(COCc3ccccc3)ccc12. The number of nitrogens with two attached hydrogens (primary N) is 1. The first-order valence-electron chi connectivity index (χ1n) is 6.77. The summed E-state index contributed by atoms with van der Waals surface area (Å²) in [5.41, 5.74) is 10.3. The number of aromatic amines is 1. The van der Waals surface area contributed by atoms with Gasteiger partial charge in [-0.15, -0.1) is 0 Å². The van der Waals surface area contributed by atoms with Crippen molar-refractivity contribution >= 4 is 10.9 Å². The largest absolute Gasteiger partial charge is 0.372 e. The van der Waals surface area contributed by atoms with E-state index in [1.165, 1.54) is 16.5 Å². The van der Waals surface area contributed by atoms with E-state index in [4.69, 9.17) is 10.5 Å². The molecule has 0 saturated carbocycles. The maximum Gasteiger partial charge on any atom is 0.0722 e. The number of aromatic nitrogens is 1. The van der Waals surface area contributed by atoms with Crippen molar-refractivity contribution in [3.63, 3.8) is 0 Å². The molecule has 1 aromatic heterocycles. The summed E-state index contributed by atoms with van der Waals surface area (Å²) in [5.74, 6) is 0. The fraction of sp³-hybridized carbons (Fsp3) is 0.176. The van der Waals surface area contributed by atoms with Crippen molar-refractivity contribution in [2.45, 2.75) is 19.8 Å². The highest BCUT2D eigenvalue weighted by molar-refractivity contribution is 5.83. The lowest BCUT2D eigenvalue weighted by Gasteiger charge is -2.05. The van der Waals surface area contributed by atoms with Crippen molar-refractivity contribution < 1.29 is 4.74 Å². The summed E-state index contributed by atoms with van der Waals surface area (Å²) in [6.07, 6.45) is 1.97. The van der Waals surface area contributed by atoms with Crippen molar-refractivity contribution in [2.24, 2.45) is 5.73 Å². The molecule has 0 spiro atoms. The van der Waals surface area contributed by atoms with Crippen LogP contribution in [0.2, 0.25) is 0 Å². The number of hydrogen-bond acceptors (Lipinski definition) is 2. The fourth-order valence-corrected chi connectivity index (χ4v) is 2.35. The van der Waals surface area contributed by atoms with Gasteiger partial charge in [-0.25, -0.2) is 0 Å². The molecule has 2 aromatic carbocycles. The summed E-state index contributed by atoms with van der Waals surface area (Å²) in [7, 11) is 0. The number of ether oxygens (including phenoxy) is 1. The van der Waals surface area contributed by atoms with Crippen LogP contribution in [0.4, 0.5) is 0 Å². The highest BCUT2D eigenvalue weighted by Crippen LogP contribution is 2.19. The van der Waals surface area contributed by atoms with Gasteiger partial charge in [0.25, 0.3) is 0 Å². The van der Waals surface area contributed by atoms with Gasteiger partial charge in [-0.3, -0.25) is 0 Å². The molecule has 0 saturated heterocycles. The van der Waals surface area contributed by atoms with Crippen molar-refractivity contribution in [3.05, 3.63) is 71.4 Å². The van der Waals surface area contributed by atoms with E-state index in [1.54, 1.807) is 0 Å². The van der Waals surface area contributed by atoms with E-state index < -0.39 is 0 Å². The molecule has 3 aromatic rings. The predicted molar refractivity (Wildman–Crippen MR) is 81.1 cm³/mol. The third-order valence-electron chi connectivity index (χ3n) is 3.43. The Hall–Kier alpha value is -2.10. The molecule has 1 heterocycles. The van der Waals surface area contributed by atoms with Crippen LogP contribution in [0.3, 0.4) is 0 Å². The highest BCUT2D eigenvalue weighted by atomic mass is 16.5. The zero-order chi connectivity index (χ0) is 13.8. The van der Waals surface area contributed by atoms with Crippen LogP contribution in [-0.2, 0) is 24.5 Å². The van der Waals surface area contributed by atoms with Crippen molar-refractivity contribution in [1.82, 2.24) is 4.98 Å². The lowest BCUT2D eigenvalue weighted by atomic mass is 10.1. The maximum atomic E-state index is 5.75. The van der Waals surface area contributed by atoms with Gasteiger partial charge >= 0.3 is 0 Å². The first kappa shape index (κ1) is 12.9. The van der Waals surface area contributed by atoms with E-state index in [2.05, 4.69) is 35.3 Å². The van der Waals surface area contributed by atoms with Gasteiger partial charge in [0.05, 0.1) is 13.2 Å². The van der Waals surface area contributed by atoms with Gasteiger partial charge < -0.3 is 15.5 Å². The molecular formula is C17H18N2O. The average molecular weight is 266 g/mol. The highest BCUT2D eigenvalue weighted by Gasteiger charge is 2.03. The molecule has 0 fully saturated rings. The van der Waals surface area contributed by atoms with E-state index in [9.17, 15) is 0 Å². The normalized spacial score (nSPS) is 11.1. The third-order valence-corrected chi connectivity index (χ3v) is 3.43. The van der Waals surface area contributed by atoms with Crippen molar-refractivity contribution in [3.8, 4) is 0 Å². The Bertz CT molecular complexity index is 689. The second-order valence-electron chi connectivity index (χ2n) is 4.88. The smallest absolute Gasteiger partial charge is 0.0722 e. The molecule has 0 aliphatic rings. The van der Waals surface area contributed by atoms with Crippen molar-refractivity contribution in [2.75, 3.05) is 0 Å². The fourth-order valence-electron chi connectivity index (χ4n) is 2.35. The van der Waals surface area contributed by atoms with Crippen LogP contribution >= 0.6 is 0 Å². The maximum absolute atomic E-state index is 5.75. The Morgan fingerprint density at radius 3 is 2.55 bits per heavy atom. The Balaban J connectivity index is 1.66. The summed E-state index contributed by atoms with van der Waals surface area (Å²) < 4.78 is 5.75. The van der Waals surface area contributed by atoms with Gasteiger partial charge in [-0.05, 0) is 22.8 Å². The predicted octanol–water partition coefficient (Wildman–Crippen LogP) is 3.34. The summed E-state index contributed by atoms with van der Waals surface area (Å²) in [5, 5.41) is 1.19. The zero-order valence-corrected chi connectivity index (χ0v) is 11.3. The van der Waals surface area contributed by atoms with Crippen molar-refractivity contribution in [1.29, 1.82) is 0 Å². The lowest BCUT2D eigenvalue weighted by Crippen LogP contribution is -1.95. The second-order valence-corrected chi connectivity index (χ2v) is 4.88. The van der Waals surface area contributed by atoms with E-state index in [-0.39, 0.29) is 0 Å². The zero-order valence-electron chi connectivity index (χ0n) is 11.3. The van der Waals surface area contributed by atoms with Gasteiger partial charge in [0.1, 0.15) is 0 Å². The lowest BCUT2D eigenvalue weighted by molar-refractivity contribution is 0.107. The molecule has 3 N–H and O–H groups in total. The molecule has 0 atom stereocenters. The average Bonchev–Trinajstić information content (AvgIpc) is 2.90.